The molecule has 0 bridgehead atoms. The molecule has 0 spiro atoms. The molecular formula is C18H25N3O. The zero-order valence-electron chi connectivity index (χ0n) is 13.6. The van der Waals surface area contributed by atoms with E-state index in [1.807, 2.05) is 0 Å². The van der Waals surface area contributed by atoms with Crippen molar-refractivity contribution in [2.45, 2.75) is 45.6 Å². The SMILES string of the molecule is CC(=O)c1ccc(C#N)c(NCCCN2CCCCC2C)c1. The summed E-state index contributed by atoms with van der Waals surface area (Å²) in [5, 5.41) is 12.5. The summed E-state index contributed by atoms with van der Waals surface area (Å²) in [5.74, 6) is 0.0229. The van der Waals surface area contributed by atoms with Gasteiger partial charge >= 0.3 is 0 Å². The van der Waals surface area contributed by atoms with Gasteiger partial charge in [0.2, 0.25) is 0 Å². The van der Waals surface area contributed by atoms with Crippen molar-refractivity contribution in [1.82, 2.24) is 4.90 Å². The zero-order valence-corrected chi connectivity index (χ0v) is 13.6. The Morgan fingerprint density at radius 3 is 2.95 bits per heavy atom. The molecule has 22 heavy (non-hydrogen) atoms. The predicted octanol–water partition coefficient (Wildman–Crippen LogP) is 3.44. The van der Waals surface area contributed by atoms with Crippen molar-refractivity contribution in [1.29, 1.82) is 5.26 Å². The van der Waals surface area contributed by atoms with Crippen LogP contribution >= 0.6 is 0 Å². The first-order chi connectivity index (χ1) is 10.6. The highest BCUT2D eigenvalue weighted by atomic mass is 16.1. The first kappa shape index (κ1) is 16.5. The van der Waals surface area contributed by atoms with Crippen molar-refractivity contribution in [2.75, 3.05) is 25.0 Å². The zero-order chi connectivity index (χ0) is 15.9. The maximum absolute atomic E-state index is 11.5. The van der Waals surface area contributed by atoms with Gasteiger partial charge in [0, 0.05) is 24.7 Å². The lowest BCUT2D eigenvalue weighted by molar-refractivity contribution is 0.101. The van der Waals surface area contributed by atoms with Crippen molar-refractivity contribution >= 4 is 11.5 Å². The van der Waals surface area contributed by atoms with Crippen LogP contribution < -0.4 is 5.32 Å². The molecule has 1 saturated heterocycles. The second kappa shape index (κ2) is 7.95. The average Bonchev–Trinajstić information content (AvgIpc) is 2.52. The highest BCUT2D eigenvalue weighted by molar-refractivity contribution is 5.95. The van der Waals surface area contributed by atoms with Crippen LogP contribution in [-0.4, -0.2) is 36.4 Å². The minimum Gasteiger partial charge on any atom is -0.384 e. The number of benzene rings is 1. The molecule has 4 nitrogen and oxygen atoms in total. The lowest BCUT2D eigenvalue weighted by Crippen LogP contribution is -2.38. The van der Waals surface area contributed by atoms with E-state index in [4.69, 9.17) is 5.26 Å². The first-order valence-corrected chi connectivity index (χ1v) is 8.15. The Hall–Kier alpha value is -1.86. The van der Waals surface area contributed by atoms with E-state index in [1.165, 1.54) is 25.8 Å². The van der Waals surface area contributed by atoms with Crippen LogP contribution in [0.3, 0.4) is 0 Å². The number of likely N-dealkylation sites (tertiary alicyclic amines) is 1. The summed E-state index contributed by atoms with van der Waals surface area (Å²) in [6, 6.07) is 8.07. The van der Waals surface area contributed by atoms with Crippen LogP contribution in [0.25, 0.3) is 0 Å². The number of carbonyl (C=O) groups excluding carboxylic acids is 1. The van der Waals surface area contributed by atoms with E-state index in [1.54, 1.807) is 25.1 Å². The highest BCUT2D eigenvalue weighted by Crippen LogP contribution is 2.19. The molecule has 1 heterocycles. The molecule has 0 aromatic heterocycles. The topological polar surface area (TPSA) is 56.1 Å². The molecule has 1 fully saturated rings. The van der Waals surface area contributed by atoms with E-state index in [-0.39, 0.29) is 5.78 Å². The van der Waals surface area contributed by atoms with Gasteiger partial charge in [0.05, 0.1) is 11.3 Å². The van der Waals surface area contributed by atoms with Gasteiger partial charge in [-0.05, 0) is 57.9 Å². The number of rotatable bonds is 6. The lowest BCUT2D eigenvalue weighted by Gasteiger charge is -2.33. The quantitative estimate of drug-likeness (QED) is 0.646. The fourth-order valence-corrected chi connectivity index (χ4v) is 3.00. The van der Waals surface area contributed by atoms with Gasteiger partial charge in [0.1, 0.15) is 6.07 Å². The smallest absolute Gasteiger partial charge is 0.159 e. The first-order valence-electron chi connectivity index (χ1n) is 8.15. The molecule has 0 radical (unpaired) electrons. The van der Waals surface area contributed by atoms with Gasteiger partial charge in [-0.1, -0.05) is 6.42 Å². The molecule has 2 rings (SSSR count). The van der Waals surface area contributed by atoms with E-state index in [2.05, 4.69) is 23.2 Å². The number of ketones is 1. The summed E-state index contributed by atoms with van der Waals surface area (Å²) in [5.41, 5.74) is 2.00. The van der Waals surface area contributed by atoms with Crippen LogP contribution in [0.5, 0.6) is 0 Å². The summed E-state index contributed by atoms with van der Waals surface area (Å²) >= 11 is 0. The third-order valence-electron chi connectivity index (χ3n) is 4.42. The Morgan fingerprint density at radius 2 is 2.27 bits per heavy atom. The molecule has 1 atom stereocenters. The molecule has 1 unspecified atom stereocenters. The Kier molecular flexibility index (Phi) is 5.97. The van der Waals surface area contributed by atoms with Crippen LogP contribution in [0.1, 0.15) is 55.5 Å². The molecule has 0 amide bonds. The van der Waals surface area contributed by atoms with Crippen LogP contribution in [0, 0.1) is 11.3 Å². The van der Waals surface area contributed by atoms with Crippen molar-refractivity contribution in [3.05, 3.63) is 29.3 Å². The Labute approximate surface area is 133 Å². The molecule has 0 aliphatic carbocycles. The van der Waals surface area contributed by atoms with Gasteiger partial charge in [0.25, 0.3) is 0 Å². The molecule has 1 aromatic carbocycles. The molecule has 1 aliphatic rings. The average molecular weight is 299 g/mol. The van der Waals surface area contributed by atoms with Crippen LogP contribution in [-0.2, 0) is 0 Å². The van der Waals surface area contributed by atoms with Crippen molar-refractivity contribution < 1.29 is 4.79 Å². The van der Waals surface area contributed by atoms with Gasteiger partial charge in [0.15, 0.2) is 5.78 Å². The number of piperidine rings is 1. The second-order valence-corrected chi connectivity index (χ2v) is 6.09. The fourth-order valence-electron chi connectivity index (χ4n) is 3.00. The number of carbonyl (C=O) groups is 1. The van der Waals surface area contributed by atoms with Crippen LogP contribution in [0.15, 0.2) is 18.2 Å². The van der Waals surface area contributed by atoms with Gasteiger partial charge in [-0.3, -0.25) is 4.79 Å². The van der Waals surface area contributed by atoms with E-state index < -0.39 is 0 Å². The number of anilines is 1. The summed E-state index contributed by atoms with van der Waals surface area (Å²) in [4.78, 5) is 14.0. The van der Waals surface area contributed by atoms with Gasteiger partial charge in [-0.2, -0.15) is 5.26 Å². The Bertz CT molecular complexity index is 562. The van der Waals surface area contributed by atoms with E-state index in [9.17, 15) is 4.79 Å². The summed E-state index contributed by atoms with van der Waals surface area (Å²) < 4.78 is 0. The van der Waals surface area contributed by atoms with E-state index in [0.29, 0.717) is 17.2 Å². The summed E-state index contributed by atoms with van der Waals surface area (Å²) in [6.45, 7) is 6.95. The lowest BCUT2D eigenvalue weighted by atomic mass is 10.0. The molecule has 0 saturated carbocycles. The van der Waals surface area contributed by atoms with Crippen LogP contribution in [0.2, 0.25) is 0 Å². The Morgan fingerprint density at radius 1 is 1.45 bits per heavy atom. The van der Waals surface area contributed by atoms with Crippen molar-refractivity contribution in [2.24, 2.45) is 0 Å². The normalized spacial score (nSPS) is 18.7. The predicted molar refractivity (Wildman–Crippen MR) is 89.2 cm³/mol. The minimum absolute atomic E-state index is 0.0229. The monoisotopic (exact) mass is 299 g/mol. The van der Waals surface area contributed by atoms with Gasteiger partial charge in [-0.15, -0.1) is 0 Å². The highest BCUT2D eigenvalue weighted by Gasteiger charge is 2.17. The number of nitrogens with zero attached hydrogens (tertiary/aromatic N) is 2. The van der Waals surface area contributed by atoms with Crippen molar-refractivity contribution in [3.63, 3.8) is 0 Å². The second-order valence-electron chi connectivity index (χ2n) is 6.09. The van der Waals surface area contributed by atoms with E-state index in [0.717, 1.165) is 25.2 Å². The van der Waals surface area contributed by atoms with E-state index >= 15 is 0 Å². The maximum atomic E-state index is 11.5. The maximum Gasteiger partial charge on any atom is 0.159 e. The Balaban J connectivity index is 1.87. The summed E-state index contributed by atoms with van der Waals surface area (Å²) in [6.07, 6.45) is 4.99. The molecule has 1 N–H and O–H groups in total. The number of hydrogen-bond acceptors (Lipinski definition) is 4. The third kappa shape index (κ3) is 4.32. The molecule has 1 aromatic rings. The standard InChI is InChI=1S/C18H25N3O/c1-14-6-3-4-10-21(14)11-5-9-20-18-12-16(15(2)22)7-8-17(18)13-19/h7-8,12,14,20H,3-6,9-11H2,1-2H3. The fraction of sp³-hybridized carbons (Fsp3) is 0.556. The number of nitrogens with one attached hydrogen (secondary N) is 1. The van der Waals surface area contributed by atoms with Crippen molar-refractivity contribution in [3.8, 4) is 6.07 Å². The van der Waals surface area contributed by atoms with Crippen LogP contribution in [0.4, 0.5) is 5.69 Å². The molecule has 118 valence electrons. The van der Waals surface area contributed by atoms with Gasteiger partial charge < -0.3 is 10.2 Å². The number of Topliss-reactive ketones (excluding diaryl/α,β-unsaturated/α-hetero) is 1. The summed E-state index contributed by atoms with van der Waals surface area (Å²) in [7, 11) is 0. The van der Waals surface area contributed by atoms with Gasteiger partial charge in [-0.25, -0.2) is 0 Å². The number of nitriles is 1. The largest absolute Gasteiger partial charge is 0.384 e. The molecule has 1 aliphatic heterocycles. The molecular weight excluding hydrogens is 274 g/mol. The third-order valence-corrected chi connectivity index (χ3v) is 4.42. The molecule has 4 heteroatoms. The minimum atomic E-state index is 0.0229. The number of hydrogen-bond donors (Lipinski definition) is 1.